The van der Waals surface area contributed by atoms with Gasteiger partial charge < -0.3 is 10.0 Å². The van der Waals surface area contributed by atoms with Gasteiger partial charge in [0.15, 0.2) is 5.69 Å². The summed E-state index contributed by atoms with van der Waals surface area (Å²) in [5, 5.41) is 18.5. The maximum Gasteiger partial charge on any atom is 0.488 e. The first kappa shape index (κ1) is 21.4. The lowest BCUT2D eigenvalue weighted by Gasteiger charge is -2.11. The summed E-state index contributed by atoms with van der Waals surface area (Å²) in [6.07, 6.45) is -4.74. The molecule has 0 saturated heterocycles. The molecule has 0 aliphatic heterocycles. The molecule has 4 rings (SSSR count). The molecule has 4 aromatic rings. The maximum absolute atomic E-state index is 13.5. The van der Waals surface area contributed by atoms with E-state index in [4.69, 9.17) is 6.57 Å². The summed E-state index contributed by atoms with van der Waals surface area (Å²) in [5.41, 5.74) is -0.252. The van der Waals surface area contributed by atoms with E-state index in [2.05, 4.69) is 4.85 Å². The predicted octanol–water partition coefficient (Wildman–Crippen LogP) is 3.09. The lowest BCUT2D eigenvalue weighted by molar-refractivity contribution is -0.136. The van der Waals surface area contributed by atoms with Crippen LogP contribution in [0.25, 0.3) is 21.6 Å². The normalized spacial score (nSPS) is 11.5. The molecule has 0 atom stereocenters. The van der Waals surface area contributed by atoms with Crippen molar-refractivity contribution in [3.05, 3.63) is 99.8 Å². The molecule has 0 unspecified atom stereocenters. The summed E-state index contributed by atoms with van der Waals surface area (Å²) in [4.78, 5) is 16.2. The zero-order valence-corrected chi connectivity index (χ0v) is 16.4. The number of alkyl halides is 3. The lowest BCUT2D eigenvalue weighted by Crippen LogP contribution is -2.29. The van der Waals surface area contributed by atoms with E-state index >= 15 is 0 Å². The first-order valence-corrected chi connectivity index (χ1v) is 9.45. The Morgan fingerprint density at radius 1 is 0.969 bits per heavy atom. The van der Waals surface area contributed by atoms with Gasteiger partial charge in [-0.05, 0) is 35.3 Å². The Balaban J connectivity index is 1.87. The summed E-state index contributed by atoms with van der Waals surface area (Å²) in [6.45, 7) is 7.13. The van der Waals surface area contributed by atoms with E-state index in [0.717, 1.165) is 12.1 Å². The van der Waals surface area contributed by atoms with E-state index in [1.54, 1.807) is 36.4 Å². The SMILES string of the molecule is [C-]#[N+]c1ccc(-n2c(=O)n(Cc3ccc(B(O)O)cc3)c3ccccc32)cc1C(F)(F)F. The molecular weight excluding hydrogens is 422 g/mol. The molecule has 0 aliphatic carbocycles. The minimum Gasteiger partial charge on any atom is -0.423 e. The van der Waals surface area contributed by atoms with Gasteiger partial charge in [0.25, 0.3) is 0 Å². The van der Waals surface area contributed by atoms with E-state index in [0.29, 0.717) is 22.1 Å². The molecule has 0 aliphatic rings. The summed E-state index contributed by atoms with van der Waals surface area (Å²) in [7, 11) is -1.62. The Morgan fingerprint density at radius 2 is 1.62 bits per heavy atom. The summed E-state index contributed by atoms with van der Waals surface area (Å²) < 4.78 is 43.0. The van der Waals surface area contributed by atoms with Crippen molar-refractivity contribution >= 4 is 29.3 Å². The van der Waals surface area contributed by atoms with Gasteiger partial charge in [-0.15, -0.1) is 0 Å². The van der Waals surface area contributed by atoms with Gasteiger partial charge in [-0.25, -0.2) is 9.64 Å². The molecule has 0 bridgehead atoms. The Bertz CT molecular complexity index is 1400. The number of para-hydroxylation sites is 2. The van der Waals surface area contributed by atoms with Crippen LogP contribution >= 0.6 is 0 Å². The largest absolute Gasteiger partial charge is 0.488 e. The predicted molar refractivity (Wildman–Crippen MR) is 114 cm³/mol. The summed E-state index contributed by atoms with van der Waals surface area (Å²) in [5.74, 6) is 0. The van der Waals surface area contributed by atoms with Crippen LogP contribution in [0.15, 0.2) is 71.5 Å². The number of imidazole rings is 1. The highest BCUT2D eigenvalue weighted by molar-refractivity contribution is 6.58. The molecule has 0 amide bonds. The van der Waals surface area contributed by atoms with E-state index in [9.17, 15) is 28.0 Å². The zero-order chi connectivity index (χ0) is 23.0. The fourth-order valence-corrected chi connectivity index (χ4v) is 3.58. The van der Waals surface area contributed by atoms with Gasteiger partial charge in [0, 0.05) is 5.69 Å². The van der Waals surface area contributed by atoms with Crippen molar-refractivity contribution in [1.82, 2.24) is 9.13 Å². The van der Waals surface area contributed by atoms with E-state index < -0.39 is 30.2 Å². The molecule has 32 heavy (non-hydrogen) atoms. The van der Waals surface area contributed by atoms with Gasteiger partial charge >= 0.3 is 19.0 Å². The molecule has 10 heteroatoms. The van der Waals surface area contributed by atoms with Crippen LogP contribution in [0.1, 0.15) is 11.1 Å². The fourth-order valence-electron chi connectivity index (χ4n) is 3.58. The van der Waals surface area contributed by atoms with E-state index in [-0.39, 0.29) is 12.2 Å². The monoisotopic (exact) mass is 437 g/mol. The molecule has 0 saturated carbocycles. The molecule has 2 N–H and O–H groups in total. The second kappa shape index (κ2) is 8.03. The van der Waals surface area contributed by atoms with Gasteiger partial charge in [0.1, 0.15) is 0 Å². The maximum atomic E-state index is 13.5. The smallest absolute Gasteiger partial charge is 0.423 e. The van der Waals surface area contributed by atoms with Crippen molar-refractivity contribution in [2.45, 2.75) is 12.7 Å². The lowest BCUT2D eigenvalue weighted by atomic mass is 9.80. The Kier molecular flexibility index (Phi) is 5.38. The molecule has 1 aromatic heterocycles. The molecule has 6 nitrogen and oxygen atoms in total. The second-order valence-corrected chi connectivity index (χ2v) is 7.12. The van der Waals surface area contributed by atoms with E-state index in [1.165, 1.54) is 27.3 Å². The molecule has 3 aromatic carbocycles. The number of rotatable bonds is 4. The van der Waals surface area contributed by atoms with Gasteiger partial charge in [0.2, 0.25) is 0 Å². The number of benzene rings is 3. The minimum absolute atomic E-state index is 0.00317. The van der Waals surface area contributed by atoms with Gasteiger partial charge in [-0.2, -0.15) is 13.2 Å². The topological polar surface area (TPSA) is 71.8 Å². The summed E-state index contributed by atoms with van der Waals surface area (Å²) in [6, 6.07) is 16.2. The standard InChI is InChI=1S/C22H15BF3N3O3/c1-27-18-11-10-16(12-17(18)22(24,25)26)29-20-5-3-2-4-19(20)28(21(29)30)13-14-6-8-15(9-7-14)23(31)32/h2-12,31-32H,13H2. The quantitative estimate of drug-likeness (QED) is 0.381. The van der Waals surface area contributed by atoms with Crippen LogP contribution in [-0.2, 0) is 12.7 Å². The molecule has 0 spiro atoms. The van der Waals surface area contributed by atoms with Crippen molar-refractivity contribution in [1.29, 1.82) is 0 Å². The molecule has 0 fully saturated rings. The van der Waals surface area contributed by atoms with Crippen LogP contribution in [0.3, 0.4) is 0 Å². The molecule has 0 radical (unpaired) electrons. The molecular formula is C22H15BF3N3O3. The van der Waals surface area contributed by atoms with Crippen LogP contribution in [0.4, 0.5) is 18.9 Å². The van der Waals surface area contributed by atoms with Crippen LogP contribution in [0.5, 0.6) is 0 Å². The third kappa shape index (κ3) is 3.79. The van der Waals surface area contributed by atoms with Gasteiger partial charge in [0.05, 0.1) is 29.7 Å². The van der Waals surface area contributed by atoms with Crippen LogP contribution in [0.2, 0.25) is 0 Å². The van der Waals surface area contributed by atoms with Crippen molar-refractivity contribution in [2.75, 3.05) is 0 Å². The molecule has 1 heterocycles. The first-order valence-electron chi connectivity index (χ1n) is 9.45. The average Bonchev–Trinajstić information content (AvgIpc) is 3.04. The fraction of sp³-hybridized carbons (Fsp3) is 0.0909. The van der Waals surface area contributed by atoms with Crippen molar-refractivity contribution in [2.24, 2.45) is 0 Å². The van der Waals surface area contributed by atoms with Crippen LogP contribution in [-0.4, -0.2) is 26.3 Å². The third-order valence-electron chi connectivity index (χ3n) is 5.12. The van der Waals surface area contributed by atoms with Crippen molar-refractivity contribution in [3.63, 3.8) is 0 Å². The average molecular weight is 437 g/mol. The number of halogens is 3. The zero-order valence-electron chi connectivity index (χ0n) is 16.4. The number of hydrogen-bond donors (Lipinski definition) is 2. The number of nitrogens with zero attached hydrogens (tertiary/aromatic N) is 3. The Hall–Kier alpha value is -3.81. The highest BCUT2D eigenvalue weighted by Gasteiger charge is 2.34. The minimum atomic E-state index is -4.74. The van der Waals surface area contributed by atoms with Crippen LogP contribution in [0, 0.1) is 6.57 Å². The summed E-state index contributed by atoms with van der Waals surface area (Å²) >= 11 is 0. The van der Waals surface area contributed by atoms with Crippen molar-refractivity contribution < 1.29 is 23.2 Å². The van der Waals surface area contributed by atoms with Crippen molar-refractivity contribution in [3.8, 4) is 5.69 Å². The Morgan fingerprint density at radius 3 is 2.22 bits per heavy atom. The number of aromatic nitrogens is 2. The highest BCUT2D eigenvalue weighted by atomic mass is 19.4. The molecule has 160 valence electrons. The van der Waals surface area contributed by atoms with E-state index in [1.807, 2.05) is 0 Å². The number of fused-ring (bicyclic) bond motifs is 1. The number of hydrogen-bond acceptors (Lipinski definition) is 3. The highest BCUT2D eigenvalue weighted by Crippen LogP contribution is 2.37. The first-order chi connectivity index (χ1) is 15.2. The second-order valence-electron chi connectivity index (χ2n) is 7.12. The Labute approximate surface area is 180 Å². The van der Waals surface area contributed by atoms with Gasteiger partial charge in [-0.1, -0.05) is 42.5 Å². The third-order valence-corrected chi connectivity index (χ3v) is 5.12. The van der Waals surface area contributed by atoms with Gasteiger partial charge in [-0.3, -0.25) is 9.13 Å². The van der Waals surface area contributed by atoms with Crippen LogP contribution < -0.4 is 11.2 Å².